The fourth-order valence-electron chi connectivity index (χ4n) is 5.66. The molecule has 0 unspecified atom stereocenters. The Labute approximate surface area is 319 Å². The molecule has 282 valence electrons. The molecule has 0 atom stereocenters. The monoisotopic (exact) mass is 754 g/mol. The maximum absolute atomic E-state index is 5.42. The van der Waals surface area contributed by atoms with Gasteiger partial charge in [-0.2, -0.15) is 0 Å². The second kappa shape index (κ2) is 38.8. The van der Waals surface area contributed by atoms with Crippen molar-refractivity contribution in [2.24, 2.45) is 0 Å². The van der Waals surface area contributed by atoms with Gasteiger partial charge in [-0.25, -0.2) is 0 Å². The van der Waals surface area contributed by atoms with Crippen LogP contribution in [0.5, 0.6) is 11.5 Å². The van der Waals surface area contributed by atoms with Crippen LogP contribution in [0.1, 0.15) is 114 Å². The summed E-state index contributed by atoms with van der Waals surface area (Å²) in [4.78, 5) is 0. The fraction of sp³-hybridized carbons (Fsp3) is 0.684. The molecule has 48 heavy (non-hydrogen) atoms. The Balaban J connectivity index is -0.00000506. The number of hydrogen-bond donors (Lipinski definition) is 4. The minimum absolute atomic E-state index is 0. The maximum atomic E-state index is 5.42. The molecule has 0 aliphatic carbocycles. The van der Waals surface area contributed by atoms with Crippen molar-refractivity contribution in [3.05, 3.63) is 59.7 Å². The van der Waals surface area contributed by atoms with E-state index in [2.05, 4.69) is 45.5 Å². The molecular weight excluding hydrogens is 686 g/mol. The second-order valence-electron chi connectivity index (χ2n) is 12.1. The molecule has 2 aromatic rings. The zero-order valence-electron chi connectivity index (χ0n) is 30.0. The highest BCUT2D eigenvalue weighted by molar-refractivity contribution is 5.86. The molecule has 2 aromatic carbocycles. The van der Waals surface area contributed by atoms with Crippen LogP contribution in [0, 0.1) is 0 Å². The molecule has 6 nitrogen and oxygen atoms in total. The first-order valence-corrected chi connectivity index (χ1v) is 17.9. The van der Waals surface area contributed by atoms with E-state index >= 15 is 0 Å². The lowest BCUT2D eigenvalue weighted by Gasteiger charge is -2.09. The fourth-order valence-corrected chi connectivity index (χ4v) is 5.66. The van der Waals surface area contributed by atoms with Crippen LogP contribution < -0.4 is 30.7 Å². The van der Waals surface area contributed by atoms with Crippen LogP contribution in [0.3, 0.4) is 0 Å². The van der Waals surface area contributed by atoms with E-state index in [4.69, 9.17) is 9.47 Å². The van der Waals surface area contributed by atoms with Crippen molar-refractivity contribution in [1.29, 1.82) is 0 Å². The Morgan fingerprint density at radius 2 is 0.604 bits per heavy atom. The highest BCUT2D eigenvalue weighted by Crippen LogP contribution is 2.17. The Hall–Kier alpha value is -0.960. The van der Waals surface area contributed by atoms with Crippen molar-refractivity contribution in [2.75, 3.05) is 53.5 Å². The van der Waals surface area contributed by atoms with E-state index < -0.39 is 0 Å². The zero-order valence-corrected chi connectivity index (χ0v) is 33.3. The summed E-state index contributed by atoms with van der Waals surface area (Å²) in [5.41, 5.74) is 2.48. The minimum Gasteiger partial charge on any atom is -0.496 e. The first-order chi connectivity index (χ1) is 21.8. The summed E-state index contributed by atoms with van der Waals surface area (Å²) in [5, 5.41) is 14.4. The van der Waals surface area contributed by atoms with E-state index in [0.717, 1.165) is 37.7 Å². The third kappa shape index (κ3) is 27.8. The zero-order chi connectivity index (χ0) is 31.2. The first-order valence-electron chi connectivity index (χ1n) is 17.9. The summed E-state index contributed by atoms with van der Waals surface area (Å²) in [6.45, 7) is 8.65. The number of halogens is 4. The summed E-state index contributed by atoms with van der Waals surface area (Å²) in [6.07, 6.45) is 21.4. The van der Waals surface area contributed by atoms with E-state index in [1.165, 1.54) is 140 Å². The Kier molecular flexibility index (Phi) is 41.6. The van der Waals surface area contributed by atoms with Gasteiger partial charge in [0, 0.05) is 24.2 Å². The van der Waals surface area contributed by atoms with Gasteiger partial charge in [0.25, 0.3) is 0 Å². The quantitative estimate of drug-likeness (QED) is 0.0575. The summed E-state index contributed by atoms with van der Waals surface area (Å²) in [5.74, 6) is 1.95. The number of nitrogens with one attached hydrogen (secondary N) is 4. The van der Waals surface area contributed by atoms with Gasteiger partial charge in [-0.1, -0.05) is 101 Å². The van der Waals surface area contributed by atoms with Crippen molar-refractivity contribution in [2.45, 2.75) is 116 Å². The SMILES string of the molecule is COc1ccccc1CNCCCCCCNCCCCCCCCCCNCCCCCCNCc1ccccc1OC.Cl.Cl.Cl.Cl. The van der Waals surface area contributed by atoms with Crippen LogP contribution in [0.25, 0.3) is 0 Å². The molecule has 0 heterocycles. The average Bonchev–Trinajstić information content (AvgIpc) is 3.06. The Morgan fingerprint density at radius 3 is 0.896 bits per heavy atom. The molecule has 0 aromatic heterocycles. The topological polar surface area (TPSA) is 66.6 Å². The van der Waals surface area contributed by atoms with Gasteiger partial charge in [0.2, 0.25) is 0 Å². The van der Waals surface area contributed by atoms with Gasteiger partial charge in [0.1, 0.15) is 11.5 Å². The van der Waals surface area contributed by atoms with Gasteiger partial charge in [0.15, 0.2) is 0 Å². The van der Waals surface area contributed by atoms with Gasteiger partial charge < -0.3 is 30.7 Å². The van der Waals surface area contributed by atoms with E-state index in [9.17, 15) is 0 Å². The third-order valence-corrected chi connectivity index (χ3v) is 8.39. The molecule has 0 aliphatic heterocycles. The van der Waals surface area contributed by atoms with Crippen LogP contribution in [0.4, 0.5) is 0 Å². The highest BCUT2D eigenvalue weighted by atomic mass is 35.5. The highest BCUT2D eigenvalue weighted by Gasteiger charge is 2.02. The number of para-hydroxylation sites is 2. The van der Waals surface area contributed by atoms with Crippen LogP contribution in [0.15, 0.2) is 48.5 Å². The van der Waals surface area contributed by atoms with Crippen molar-refractivity contribution in [1.82, 2.24) is 21.3 Å². The van der Waals surface area contributed by atoms with E-state index in [1.807, 2.05) is 24.3 Å². The predicted molar refractivity (Wildman–Crippen MR) is 218 cm³/mol. The summed E-state index contributed by atoms with van der Waals surface area (Å²) >= 11 is 0. The van der Waals surface area contributed by atoms with Gasteiger partial charge >= 0.3 is 0 Å². The number of unbranched alkanes of at least 4 members (excludes halogenated alkanes) is 13. The minimum atomic E-state index is 0. The molecule has 0 radical (unpaired) electrons. The molecule has 0 aliphatic rings. The number of methoxy groups -OCH3 is 2. The van der Waals surface area contributed by atoms with E-state index in [-0.39, 0.29) is 49.6 Å². The molecule has 0 spiro atoms. The number of ether oxygens (including phenoxy) is 2. The maximum Gasteiger partial charge on any atom is 0.123 e. The van der Waals surface area contributed by atoms with Crippen molar-refractivity contribution >= 4 is 49.6 Å². The van der Waals surface area contributed by atoms with Crippen LogP contribution >= 0.6 is 49.6 Å². The Bertz CT molecular complexity index is 856. The summed E-state index contributed by atoms with van der Waals surface area (Å²) < 4.78 is 10.8. The van der Waals surface area contributed by atoms with Crippen LogP contribution in [-0.2, 0) is 13.1 Å². The lowest BCUT2D eigenvalue weighted by molar-refractivity contribution is 0.407. The van der Waals surface area contributed by atoms with Gasteiger partial charge in [-0.15, -0.1) is 49.6 Å². The molecule has 10 heteroatoms. The summed E-state index contributed by atoms with van der Waals surface area (Å²) in [6, 6.07) is 16.5. The number of benzene rings is 2. The summed E-state index contributed by atoms with van der Waals surface area (Å²) in [7, 11) is 3.48. The van der Waals surface area contributed by atoms with Gasteiger partial charge in [0.05, 0.1) is 14.2 Å². The molecule has 0 bridgehead atoms. The lowest BCUT2D eigenvalue weighted by Crippen LogP contribution is -2.17. The van der Waals surface area contributed by atoms with Crippen molar-refractivity contribution in [3.8, 4) is 11.5 Å². The third-order valence-electron chi connectivity index (χ3n) is 8.39. The largest absolute Gasteiger partial charge is 0.496 e. The lowest BCUT2D eigenvalue weighted by atomic mass is 10.1. The van der Waals surface area contributed by atoms with Gasteiger partial charge in [-0.05, 0) is 89.9 Å². The average molecular weight is 757 g/mol. The smallest absolute Gasteiger partial charge is 0.123 e. The van der Waals surface area contributed by atoms with Gasteiger partial charge in [-0.3, -0.25) is 0 Å². The molecule has 0 saturated heterocycles. The van der Waals surface area contributed by atoms with Crippen LogP contribution in [0.2, 0.25) is 0 Å². The Morgan fingerprint density at radius 1 is 0.354 bits per heavy atom. The van der Waals surface area contributed by atoms with E-state index in [1.54, 1.807) is 14.2 Å². The molecular formula is C38H70Cl4N4O2. The number of rotatable bonds is 31. The normalized spacial score (nSPS) is 10.3. The molecule has 0 amide bonds. The van der Waals surface area contributed by atoms with Crippen molar-refractivity contribution in [3.63, 3.8) is 0 Å². The first kappa shape index (κ1) is 51.4. The number of hydrogen-bond acceptors (Lipinski definition) is 6. The molecule has 0 saturated carbocycles. The standard InChI is InChI=1S/C38H66N4O2.4ClH/c1-43-37-25-15-13-23-35(37)33-41-31-21-11-9-19-29-39-27-17-7-5-3-4-6-8-18-28-40-30-20-10-12-22-32-42-34-36-24-14-16-26-38(36)44-2;;;;/h13-16,23-26,39-42H,3-12,17-22,27-34H2,1-2H3;4*1H. The van der Waals surface area contributed by atoms with E-state index in [0.29, 0.717) is 0 Å². The van der Waals surface area contributed by atoms with Crippen molar-refractivity contribution < 1.29 is 9.47 Å². The molecule has 4 N–H and O–H groups in total. The molecule has 2 rings (SSSR count). The predicted octanol–water partition coefficient (Wildman–Crippen LogP) is 9.69. The second-order valence-corrected chi connectivity index (χ2v) is 12.1. The molecule has 0 fully saturated rings. The van der Waals surface area contributed by atoms with Crippen LogP contribution in [-0.4, -0.2) is 53.5 Å².